The van der Waals surface area contributed by atoms with E-state index in [1.165, 1.54) is 5.56 Å². The minimum absolute atomic E-state index is 0.00964. The number of fused-ring (bicyclic) bond motifs is 1. The summed E-state index contributed by atoms with van der Waals surface area (Å²) < 4.78 is 12.2. The molecule has 0 fully saturated rings. The summed E-state index contributed by atoms with van der Waals surface area (Å²) in [5, 5.41) is 14.5. The number of hydrogen-bond donors (Lipinski definition) is 3. The average Bonchev–Trinajstić information content (AvgIpc) is 2.81. The molecule has 0 amide bonds. The van der Waals surface area contributed by atoms with Crippen LogP contribution in [0.4, 0.5) is 10.1 Å². The molecule has 1 aromatic rings. The van der Waals surface area contributed by atoms with Crippen molar-refractivity contribution < 1.29 is 4.39 Å². The Kier molecular flexibility index (Phi) is 4.18. The van der Waals surface area contributed by atoms with E-state index in [-0.39, 0.29) is 12.6 Å². The van der Waals surface area contributed by atoms with Crippen LogP contribution >= 0.6 is 0 Å². The summed E-state index contributed by atoms with van der Waals surface area (Å²) in [5.74, 6) is 0.293. The van der Waals surface area contributed by atoms with Crippen LogP contribution in [-0.4, -0.2) is 19.2 Å². The molecule has 1 atom stereocenters. The molecule has 1 unspecified atom stereocenters. The first kappa shape index (κ1) is 13.1. The molecule has 1 aliphatic carbocycles. The summed E-state index contributed by atoms with van der Waals surface area (Å²) in [5.41, 5.74) is 8.98. The molecule has 0 saturated carbocycles. The molecule has 5 nitrogen and oxygen atoms in total. The van der Waals surface area contributed by atoms with Gasteiger partial charge in [0.2, 0.25) is 12.2 Å². The Morgan fingerprint density at radius 3 is 3.16 bits per heavy atom. The predicted molar refractivity (Wildman–Crippen MR) is 72.1 cm³/mol. The number of benzene rings is 1. The van der Waals surface area contributed by atoms with Gasteiger partial charge in [-0.3, -0.25) is 0 Å². The van der Waals surface area contributed by atoms with Crippen molar-refractivity contribution in [3.8, 4) is 6.19 Å². The lowest BCUT2D eigenvalue weighted by atomic mass is 10.1. The molecule has 19 heavy (non-hydrogen) atoms. The fourth-order valence-electron chi connectivity index (χ4n) is 2.37. The minimum atomic E-state index is -0.518. The lowest BCUT2D eigenvalue weighted by Crippen LogP contribution is -2.39. The highest BCUT2D eigenvalue weighted by Gasteiger charge is 2.25. The molecule has 1 aliphatic rings. The lowest BCUT2D eigenvalue weighted by Gasteiger charge is -2.18. The fraction of sp³-hybridized carbons (Fsp3) is 0.385. The Bertz CT molecular complexity index is 520. The maximum atomic E-state index is 12.2. The van der Waals surface area contributed by atoms with E-state index in [2.05, 4.69) is 15.6 Å². The molecule has 0 saturated heterocycles. The van der Waals surface area contributed by atoms with Gasteiger partial charge in [-0.2, -0.15) is 5.26 Å². The monoisotopic (exact) mass is 261 g/mol. The first-order valence-corrected chi connectivity index (χ1v) is 6.16. The third-order valence-electron chi connectivity index (χ3n) is 3.14. The van der Waals surface area contributed by atoms with Gasteiger partial charge in [0.15, 0.2) is 0 Å². The van der Waals surface area contributed by atoms with Gasteiger partial charge in [-0.25, -0.2) is 4.39 Å². The van der Waals surface area contributed by atoms with E-state index >= 15 is 0 Å². The van der Waals surface area contributed by atoms with Crippen molar-refractivity contribution in [3.63, 3.8) is 0 Å². The molecule has 0 aromatic heterocycles. The molecule has 100 valence electrons. The van der Waals surface area contributed by atoms with E-state index in [0.717, 1.165) is 24.1 Å². The second-order valence-electron chi connectivity index (χ2n) is 4.33. The normalized spacial score (nSPS) is 17.7. The van der Waals surface area contributed by atoms with Gasteiger partial charge in [0, 0.05) is 17.8 Å². The average molecular weight is 261 g/mol. The van der Waals surface area contributed by atoms with E-state index in [0.29, 0.717) is 5.96 Å². The number of hydrogen-bond acceptors (Lipinski definition) is 3. The van der Waals surface area contributed by atoms with Crippen molar-refractivity contribution in [1.82, 2.24) is 10.6 Å². The van der Waals surface area contributed by atoms with Gasteiger partial charge >= 0.3 is 0 Å². The zero-order chi connectivity index (χ0) is 13.7. The van der Waals surface area contributed by atoms with Crippen molar-refractivity contribution in [2.45, 2.75) is 18.9 Å². The van der Waals surface area contributed by atoms with Crippen LogP contribution in [0.1, 0.15) is 23.6 Å². The van der Waals surface area contributed by atoms with Gasteiger partial charge in [-0.1, -0.05) is 12.1 Å². The maximum Gasteiger partial charge on any atom is 0.209 e. The number of aryl methyl sites for hydroxylation is 1. The zero-order valence-electron chi connectivity index (χ0n) is 10.5. The number of nitrogen functional groups attached to an aromatic ring is 1. The Balaban J connectivity index is 2.13. The van der Waals surface area contributed by atoms with Crippen LogP contribution in [-0.2, 0) is 6.42 Å². The molecule has 2 rings (SSSR count). The lowest BCUT2D eigenvalue weighted by molar-refractivity contribution is 0.487. The molecule has 0 bridgehead atoms. The topological polar surface area (TPSA) is 86.2 Å². The summed E-state index contributed by atoms with van der Waals surface area (Å²) in [6.07, 6.45) is 3.51. The quantitative estimate of drug-likeness (QED) is 0.331. The number of guanidine groups is 1. The maximum absolute atomic E-state index is 12.2. The number of nitrogens with one attached hydrogen (secondary N) is 2. The van der Waals surface area contributed by atoms with Crippen molar-refractivity contribution in [2.75, 3.05) is 19.0 Å². The van der Waals surface area contributed by atoms with Gasteiger partial charge in [0.05, 0.1) is 6.04 Å². The number of nitrogens with zero attached hydrogens (tertiary/aromatic N) is 2. The highest BCUT2D eigenvalue weighted by Crippen LogP contribution is 2.34. The molecule has 6 heteroatoms. The highest BCUT2D eigenvalue weighted by atomic mass is 19.1. The summed E-state index contributed by atoms with van der Waals surface area (Å²) >= 11 is 0. The van der Waals surface area contributed by atoms with E-state index < -0.39 is 6.67 Å². The summed E-state index contributed by atoms with van der Waals surface area (Å²) in [7, 11) is 0. The summed E-state index contributed by atoms with van der Waals surface area (Å²) in [6, 6.07) is 5.84. The second-order valence-corrected chi connectivity index (χ2v) is 4.33. The van der Waals surface area contributed by atoms with Crippen LogP contribution in [0, 0.1) is 11.5 Å². The number of alkyl halides is 1. The standard InChI is InChI=1S/C13H16FN5/c14-6-7-17-13(18-8-15)19-11-5-4-9-2-1-3-10(16)12(9)11/h1-3,11H,4-7,16H2,(H2,17,18,19). The Morgan fingerprint density at radius 1 is 1.58 bits per heavy atom. The van der Waals surface area contributed by atoms with Gasteiger partial charge in [0.25, 0.3) is 0 Å². The number of nitriles is 1. The van der Waals surface area contributed by atoms with Gasteiger partial charge in [0.1, 0.15) is 6.67 Å². The smallest absolute Gasteiger partial charge is 0.209 e. The molecule has 1 aromatic carbocycles. The summed E-state index contributed by atoms with van der Waals surface area (Å²) in [4.78, 5) is 3.62. The van der Waals surface area contributed by atoms with Crippen LogP contribution in [0.25, 0.3) is 0 Å². The third-order valence-corrected chi connectivity index (χ3v) is 3.14. The Hall–Kier alpha value is -2.29. The number of anilines is 1. The van der Waals surface area contributed by atoms with Crippen molar-refractivity contribution >= 4 is 11.6 Å². The van der Waals surface area contributed by atoms with E-state index in [1.807, 2.05) is 18.2 Å². The minimum Gasteiger partial charge on any atom is -0.398 e. The summed E-state index contributed by atoms with van der Waals surface area (Å²) in [6.45, 7) is -0.396. The SMILES string of the molecule is N#C/N=C(/NCCF)NC1CCc2cccc(N)c21. The second kappa shape index (κ2) is 6.05. The van der Waals surface area contributed by atoms with Crippen molar-refractivity contribution in [2.24, 2.45) is 4.99 Å². The molecule has 0 spiro atoms. The van der Waals surface area contributed by atoms with E-state index in [4.69, 9.17) is 11.0 Å². The van der Waals surface area contributed by atoms with Crippen LogP contribution < -0.4 is 16.4 Å². The number of nitrogens with two attached hydrogens (primary N) is 1. The van der Waals surface area contributed by atoms with Crippen LogP contribution in [0.3, 0.4) is 0 Å². The zero-order valence-corrected chi connectivity index (χ0v) is 10.5. The van der Waals surface area contributed by atoms with E-state index in [9.17, 15) is 4.39 Å². The van der Waals surface area contributed by atoms with Crippen LogP contribution in [0.5, 0.6) is 0 Å². The number of aliphatic imine (C=N–C) groups is 1. The first-order chi connectivity index (χ1) is 9.26. The van der Waals surface area contributed by atoms with Crippen LogP contribution in [0.2, 0.25) is 0 Å². The molecule has 0 aliphatic heterocycles. The first-order valence-electron chi connectivity index (χ1n) is 6.16. The Morgan fingerprint density at radius 2 is 2.42 bits per heavy atom. The molecule has 0 radical (unpaired) electrons. The fourth-order valence-corrected chi connectivity index (χ4v) is 2.37. The predicted octanol–water partition coefficient (Wildman–Crippen LogP) is 1.24. The highest BCUT2D eigenvalue weighted by molar-refractivity contribution is 5.81. The number of halogens is 1. The van der Waals surface area contributed by atoms with Gasteiger partial charge in [-0.15, -0.1) is 4.99 Å². The van der Waals surface area contributed by atoms with Gasteiger partial charge in [-0.05, 0) is 24.5 Å². The molecule has 4 N–H and O–H groups in total. The van der Waals surface area contributed by atoms with Gasteiger partial charge < -0.3 is 16.4 Å². The third kappa shape index (κ3) is 2.94. The largest absolute Gasteiger partial charge is 0.398 e. The molecule has 0 heterocycles. The van der Waals surface area contributed by atoms with Crippen molar-refractivity contribution in [1.29, 1.82) is 5.26 Å². The van der Waals surface area contributed by atoms with E-state index in [1.54, 1.807) is 6.19 Å². The molecular formula is C13H16FN5. The molecular weight excluding hydrogens is 245 g/mol. The van der Waals surface area contributed by atoms with Crippen LogP contribution in [0.15, 0.2) is 23.2 Å². The van der Waals surface area contributed by atoms with Crippen molar-refractivity contribution in [3.05, 3.63) is 29.3 Å². The number of rotatable bonds is 3. The Labute approximate surface area is 111 Å².